The average molecular weight is 790 g/mol. The number of fused-ring (bicyclic) bond motifs is 2. The molecule has 0 saturated carbocycles. The van der Waals surface area contributed by atoms with Crippen molar-refractivity contribution in [3.63, 3.8) is 0 Å². The van der Waals surface area contributed by atoms with Gasteiger partial charge in [0.25, 0.3) is 0 Å². The first kappa shape index (κ1) is 28.5. The van der Waals surface area contributed by atoms with E-state index in [1.807, 2.05) is 0 Å². The van der Waals surface area contributed by atoms with Gasteiger partial charge in [-0.15, -0.1) is 0 Å². The molecule has 0 saturated heterocycles. The van der Waals surface area contributed by atoms with Gasteiger partial charge < -0.3 is 0 Å². The molecular formula is C32H30Br4Si2. The standard InChI is InChI=1S/C32H30Br4Si2/c1-37(2,3)31-27(23-15-19-11-7-9-13-21(19)17-25(23)33)30(36)32(38(4,5)6)28(29(31)35)24-16-20-12-8-10-14-22(20)18-26(24)34/h7-18H,1-6H3. The van der Waals surface area contributed by atoms with Gasteiger partial charge in [-0.1, -0.05) is 152 Å². The van der Waals surface area contributed by atoms with Gasteiger partial charge >= 0.3 is 0 Å². The summed E-state index contributed by atoms with van der Waals surface area (Å²) in [4.78, 5) is 0. The molecule has 0 amide bonds. The third kappa shape index (κ3) is 5.10. The number of hydrogen-bond acceptors (Lipinski definition) is 0. The topological polar surface area (TPSA) is 0 Å². The van der Waals surface area contributed by atoms with Crippen LogP contribution in [0.5, 0.6) is 0 Å². The second-order valence-corrected chi connectivity index (χ2v) is 25.3. The third-order valence-corrected chi connectivity index (χ3v) is 14.7. The van der Waals surface area contributed by atoms with Crippen LogP contribution in [0.2, 0.25) is 39.3 Å². The van der Waals surface area contributed by atoms with Gasteiger partial charge in [-0.25, -0.2) is 0 Å². The molecule has 0 spiro atoms. The number of rotatable bonds is 4. The van der Waals surface area contributed by atoms with Gasteiger partial charge in [-0.05, 0) is 78.4 Å². The van der Waals surface area contributed by atoms with E-state index in [1.54, 1.807) is 0 Å². The Morgan fingerprint density at radius 1 is 0.447 bits per heavy atom. The molecule has 38 heavy (non-hydrogen) atoms. The van der Waals surface area contributed by atoms with Crippen molar-refractivity contribution >= 4 is 112 Å². The second-order valence-electron chi connectivity index (χ2n) is 12.0. The van der Waals surface area contributed by atoms with E-state index in [1.165, 1.54) is 63.1 Å². The summed E-state index contributed by atoms with van der Waals surface area (Å²) in [5, 5.41) is 7.89. The molecule has 194 valence electrons. The van der Waals surface area contributed by atoms with Gasteiger partial charge in [-0.3, -0.25) is 0 Å². The zero-order valence-corrected chi connectivity index (χ0v) is 30.8. The zero-order chi connectivity index (χ0) is 27.6. The van der Waals surface area contributed by atoms with Crippen LogP contribution in [0.3, 0.4) is 0 Å². The van der Waals surface area contributed by atoms with Gasteiger partial charge in [0, 0.05) is 17.9 Å². The largest absolute Gasteiger partial charge is 0.0799 e. The van der Waals surface area contributed by atoms with E-state index in [4.69, 9.17) is 0 Å². The Labute approximate surface area is 261 Å². The number of halogens is 4. The van der Waals surface area contributed by atoms with E-state index in [0.29, 0.717) is 0 Å². The SMILES string of the molecule is C[Si](C)(C)c1c(Br)c(-c2cc3ccccc3cc2Br)c([Si](C)(C)C)c(Br)c1-c1cc2ccccc2cc1Br. The Hall–Kier alpha value is -1.03. The molecule has 5 aromatic carbocycles. The minimum atomic E-state index is -1.84. The van der Waals surface area contributed by atoms with Crippen molar-refractivity contribution in [1.29, 1.82) is 0 Å². The van der Waals surface area contributed by atoms with E-state index >= 15 is 0 Å². The van der Waals surface area contributed by atoms with Crippen molar-refractivity contribution in [3.05, 3.63) is 90.7 Å². The van der Waals surface area contributed by atoms with Crippen LogP contribution in [0, 0.1) is 0 Å². The lowest BCUT2D eigenvalue weighted by molar-refractivity contribution is 1.54. The first-order chi connectivity index (χ1) is 17.8. The van der Waals surface area contributed by atoms with Gasteiger partial charge in [0.2, 0.25) is 0 Å². The maximum atomic E-state index is 4.25. The molecule has 5 rings (SSSR count). The third-order valence-electron chi connectivity index (χ3n) is 7.09. The molecule has 0 fully saturated rings. The molecule has 0 aromatic heterocycles. The normalized spacial score (nSPS) is 12.5. The zero-order valence-electron chi connectivity index (χ0n) is 22.4. The molecule has 0 unspecified atom stereocenters. The fourth-order valence-corrected chi connectivity index (χ4v) is 15.3. The van der Waals surface area contributed by atoms with Crippen molar-refractivity contribution < 1.29 is 0 Å². The van der Waals surface area contributed by atoms with Crippen molar-refractivity contribution in [2.75, 3.05) is 0 Å². The molecule has 0 aliphatic rings. The monoisotopic (exact) mass is 786 g/mol. The molecule has 0 atom stereocenters. The maximum absolute atomic E-state index is 4.25. The summed E-state index contributed by atoms with van der Waals surface area (Å²) < 4.78 is 4.74. The predicted molar refractivity (Wildman–Crippen MR) is 189 cm³/mol. The summed E-state index contributed by atoms with van der Waals surface area (Å²) in [5.41, 5.74) is 5.15. The van der Waals surface area contributed by atoms with Crippen molar-refractivity contribution in [2.24, 2.45) is 0 Å². The van der Waals surface area contributed by atoms with Crippen LogP contribution in [0.4, 0.5) is 0 Å². The Kier molecular flexibility index (Phi) is 7.82. The maximum Gasteiger partial charge on any atom is 0.0799 e. The Bertz CT molecular complexity index is 1600. The van der Waals surface area contributed by atoms with E-state index in [2.05, 4.69) is 176 Å². The van der Waals surface area contributed by atoms with Crippen molar-refractivity contribution in [3.8, 4) is 22.3 Å². The average Bonchev–Trinajstić information content (AvgIpc) is 2.82. The van der Waals surface area contributed by atoms with Crippen LogP contribution >= 0.6 is 63.7 Å². The number of benzene rings is 5. The highest BCUT2D eigenvalue weighted by Gasteiger charge is 2.35. The molecule has 0 aliphatic carbocycles. The molecule has 5 aromatic rings. The minimum absolute atomic E-state index is 1.13. The minimum Gasteiger partial charge on any atom is -0.0656 e. The van der Waals surface area contributed by atoms with E-state index in [-0.39, 0.29) is 0 Å². The molecule has 0 bridgehead atoms. The lowest BCUT2D eigenvalue weighted by atomic mass is 9.96. The van der Waals surface area contributed by atoms with Gasteiger partial charge in [-0.2, -0.15) is 0 Å². The first-order valence-corrected chi connectivity index (χ1v) is 22.9. The first-order valence-electron chi connectivity index (χ1n) is 12.7. The molecule has 0 N–H and O–H groups in total. The smallest absolute Gasteiger partial charge is 0.0656 e. The summed E-state index contributed by atoms with van der Waals surface area (Å²) in [6.45, 7) is 14.7. The lowest BCUT2D eigenvalue weighted by Crippen LogP contribution is -2.47. The molecule has 0 nitrogen and oxygen atoms in total. The summed E-state index contributed by atoms with van der Waals surface area (Å²) in [6.07, 6.45) is 0. The Balaban J connectivity index is 1.97. The van der Waals surface area contributed by atoms with Crippen LogP contribution in [0.15, 0.2) is 90.7 Å². The van der Waals surface area contributed by atoms with E-state index < -0.39 is 16.1 Å². The lowest BCUT2D eigenvalue weighted by Gasteiger charge is -2.33. The summed E-state index contributed by atoms with van der Waals surface area (Å²) >= 11 is 16.5. The highest BCUT2D eigenvalue weighted by atomic mass is 79.9. The van der Waals surface area contributed by atoms with Crippen LogP contribution in [0.25, 0.3) is 43.8 Å². The second kappa shape index (κ2) is 10.4. The van der Waals surface area contributed by atoms with Crippen molar-refractivity contribution in [2.45, 2.75) is 39.3 Å². The fraction of sp³-hybridized carbons (Fsp3) is 0.188. The highest BCUT2D eigenvalue weighted by molar-refractivity contribution is 9.11. The molecule has 6 heteroatoms. The predicted octanol–water partition coefficient (Wildman–Crippen LogP) is 11.5. The Morgan fingerprint density at radius 3 is 1.03 bits per heavy atom. The van der Waals surface area contributed by atoms with Crippen LogP contribution in [-0.2, 0) is 0 Å². The summed E-state index contributed by atoms with van der Waals surface area (Å²) in [5.74, 6) is 0. The number of hydrogen-bond donors (Lipinski definition) is 0. The fourth-order valence-electron chi connectivity index (χ4n) is 5.41. The summed E-state index contributed by atoms with van der Waals surface area (Å²) in [6, 6.07) is 26.5. The quantitative estimate of drug-likeness (QED) is 0.159. The molecule has 0 radical (unpaired) electrons. The van der Waals surface area contributed by atoms with Crippen LogP contribution in [-0.4, -0.2) is 16.1 Å². The Morgan fingerprint density at radius 2 is 0.737 bits per heavy atom. The molecular weight excluding hydrogens is 760 g/mol. The van der Waals surface area contributed by atoms with Gasteiger partial charge in [0.1, 0.15) is 0 Å². The van der Waals surface area contributed by atoms with E-state index in [0.717, 1.165) is 8.95 Å². The molecule has 0 aliphatic heterocycles. The van der Waals surface area contributed by atoms with E-state index in [9.17, 15) is 0 Å². The van der Waals surface area contributed by atoms with Crippen LogP contribution < -0.4 is 10.4 Å². The van der Waals surface area contributed by atoms with Gasteiger partial charge in [0.05, 0.1) is 16.1 Å². The van der Waals surface area contributed by atoms with Crippen LogP contribution in [0.1, 0.15) is 0 Å². The summed E-state index contributed by atoms with van der Waals surface area (Å²) in [7, 11) is -3.68. The van der Waals surface area contributed by atoms with Crippen molar-refractivity contribution in [1.82, 2.24) is 0 Å². The molecule has 0 heterocycles. The highest BCUT2D eigenvalue weighted by Crippen LogP contribution is 2.44. The van der Waals surface area contributed by atoms with Gasteiger partial charge in [0.15, 0.2) is 0 Å².